The van der Waals surface area contributed by atoms with Gasteiger partial charge in [0.1, 0.15) is 0 Å². The van der Waals surface area contributed by atoms with Gasteiger partial charge in [0.2, 0.25) is 0 Å². The molecule has 0 heterocycles. The number of hydrogen-bond acceptors (Lipinski definition) is 1. The third kappa shape index (κ3) is 239. The van der Waals surface area contributed by atoms with Crippen LogP contribution in [0.25, 0.3) is 0 Å². The van der Waals surface area contributed by atoms with E-state index in [4.69, 9.17) is 4.79 Å². The summed E-state index contributed by atoms with van der Waals surface area (Å²) in [5.41, 5.74) is 8.50. The van der Waals surface area contributed by atoms with Crippen molar-refractivity contribution < 1.29 is 21.6 Å². The van der Waals surface area contributed by atoms with Crippen molar-refractivity contribution >= 4 is 6.03 Å². The van der Waals surface area contributed by atoms with E-state index < -0.39 is 6.03 Å². The summed E-state index contributed by atoms with van der Waals surface area (Å²) in [4.78, 5) is 9.00. The van der Waals surface area contributed by atoms with Crippen LogP contribution in [0.2, 0.25) is 0 Å². The number of primary amides is 2. The van der Waals surface area contributed by atoms with Crippen LogP contribution in [0.5, 0.6) is 0 Å². The molecule has 0 aliphatic heterocycles. The SMILES string of the molecule is NC(N)=O.[Co+2]. The van der Waals surface area contributed by atoms with Crippen molar-refractivity contribution in [1.82, 2.24) is 0 Å². The van der Waals surface area contributed by atoms with Gasteiger partial charge in [-0.15, -0.1) is 0 Å². The van der Waals surface area contributed by atoms with Gasteiger partial charge in [-0.2, -0.15) is 0 Å². The summed E-state index contributed by atoms with van der Waals surface area (Å²) in [6.07, 6.45) is 0. The molecule has 0 fully saturated rings. The van der Waals surface area contributed by atoms with Crippen LogP contribution in [-0.2, 0) is 16.8 Å². The predicted molar refractivity (Wildman–Crippen MR) is 13.8 cm³/mol. The summed E-state index contributed by atoms with van der Waals surface area (Å²) in [6.45, 7) is 0. The second kappa shape index (κ2) is 3.78. The maximum Gasteiger partial charge on any atom is 2.00 e. The Hall–Kier alpha value is -0.224. The third-order valence-corrected chi connectivity index (χ3v) is 0. The molecule has 0 saturated heterocycles. The second-order valence-electron chi connectivity index (χ2n) is 0.402. The molecule has 1 radical (unpaired) electrons. The fourth-order valence-corrected chi connectivity index (χ4v) is 0. The number of carbonyl (C=O) groups is 1. The smallest absolute Gasteiger partial charge is 0.352 e. The van der Waals surface area contributed by atoms with Crippen molar-refractivity contribution in [3.8, 4) is 0 Å². The van der Waals surface area contributed by atoms with Gasteiger partial charge >= 0.3 is 22.8 Å². The van der Waals surface area contributed by atoms with Crippen LogP contribution in [-0.4, -0.2) is 6.03 Å². The van der Waals surface area contributed by atoms with Crippen LogP contribution in [0.1, 0.15) is 0 Å². The van der Waals surface area contributed by atoms with Crippen LogP contribution in [0.3, 0.4) is 0 Å². The molecule has 0 aliphatic carbocycles. The minimum Gasteiger partial charge on any atom is -0.352 e. The van der Waals surface area contributed by atoms with Crippen molar-refractivity contribution in [3.05, 3.63) is 0 Å². The van der Waals surface area contributed by atoms with Crippen LogP contribution in [0.15, 0.2) is 0 Å². The van der Waals surface area contributed by atoms with Crippen LogP contribution in [0.4, 0.5) is 4.79 Å². The Morgan fingerprint density at radius 1 is 1.40 bits per heavy atom. The van der Waals surface area contributed by atoms with Gasteiger partial charge < -0.3 is 11.5 Å². The van der Waals surface area contributed by atoms with Gasteiger partial charge in [0, 0.05) is 0 Å². The molecule has 3 nitrogen and oxygen atoms in total. The summed E-state index contributed by atoms with van der Waals surface area (Å²) >= 11 is 0. The molecular weight excluding hydrogens is 115 g/mol. The van der Waals surface area contributed by atoms with Crippen molar-refractivity contribution in [1.29, 1.82) is 0 Å². The second-order valence-corrected chi connectivity index (χ2v) is 0.402. The monoisotopic (exact) mass is 119 g/mol. The van der Waals surface area contributed by atoms with E-state index in [2.05, 4.69) is 11.5 Å². The zero-order chi connectivity index (χ0) is 3.58. The average Bonchev–Trinajstić information content (AvgIpc) is 0.811. The Bertz CT molecular complexity index is 32.6. The van der Waals surface area contributed by atoms with E-state index in [1.807, 2.05) is 0 Å². The Labute approximate surface area is 39.9 Å². The number of hydrogen-bond donors (Lipinski definition) is 2. The fourth-order valence-electron chi connectivity index (χ4n) is 0. The van der Waals surface area contributed by atoms with E-state index in [-0.39, 0.29) is 16.8 Å². The molecule has 31 valence electrons. The van der Waals surface area contributed by atoms with E-state index in [9.17, 15) is 0 Å². The van der Waals surface area contributed by atoms with E-state index in [0.29, 0.717) is 0 Å². The molecule has 4 heteroatoms. The van der Waals surface area contributed by atoms with Gasteiger partial charge in [0.05, 0.1) is 0 Å². The zero-order valence-electron chi connectivity index (χ0n) is 2.40. The molecule has 0 unspecified atom stereocenters. The van der Waals surface area contributed by atoms with Crippen LogP contribution < -0.4 is 11.5 Å². The van der Waals surface area contributed by atoms with E-state index >= 15 is 0 Å². The third-order valence-electron chi connectivity index (χ3n) is 0. The van der Waals surface area contributed by atoms with E-state index in [1.54, 1.807) is 0 Å². The number of rotatable bonds is 0. The Balaban J connectivity index is 0. The minimum absolute atomic E-state index is 0. The summed E-state index contributed by atoms with van der Waals surface area (Å²) in [5, 5.41) is 0. The summed E-state index contributed by atoms with van der Waals surface area (Å²) in [7, 11) is 0. The molecular formula is CH4CoN2O+2. The van der Waals surface area contributed by atoms with E-state index in [0.717, 1.165) is 0 Å². The van der Waals surface area contributed by atoms with Crippen molar-refractivity contribution in [3.63, 3.8) is 0 Å². The molecule has 0 aromatic heterocycles. The van der Waals surface area contributed by atoms with E-state index in [1.165, 1.54) is 0 Å². The Kier molecular flexibility index (Phi) is 6.67. The fraction of sp³-hybridized carbons (Fsp3) is 0. The van der Waals surface area contributed by atoms with Crippen LogP contribution >= 0.6 is 0 Å². The predicted octanol–water partition coefficient (Wildman–Crippen LogP) is -0.979. The number of nitrogens with two attached hydrogens (primary N) is 2. The molecule has 0 saturated carbocycles. The summed E-state index contributed by atoms with van der Waals surface area (Å²) in [6, 6.07) is -0.833. The Morgan fingerprint density at radius 2 is 1.40 bits per heavy atom. The molecule has 0 aliphatic rings. The molecule has 0 atom stereocenters. The molecule has 5 heavy (non-hydrogen) atoms. The van der Waals surface area contributed by atoms with Gasteiger partial charge in [-0.1, -0.05) is 0 Å². The largest absolute Gasteiger partial charge is 2.00 e. The number of carbonyl (C=O) groups excluding carboxylic acids is 1. The van der Waals surface area contributed by atoms with Gasteiger partial charge in [-0.05, 0) is 0 Å². The van der Waals surface area contributed by atoms with Crippen molar-refractivity contribution in [2.24, 2.45) is 11.5 Å². The molecule has 0 aromatic carbocycles. The summed E-state index contributed by atoms with van der Waals surface area (Å²) in [5.74, 6) is 0. The maximum atomic E-state index is 9.00. The number of amides is 2. The molecule has 4 N–H and O–H groups in total. The topological polar surface area (TPSA) is 69.1 Å². The van der Waals surface area contributed by atoms with Gasteiger partial charge in [0.25, 0.3) is 0 Å². The van der Waals surface area contributed by atoms with Gasteiger partial charge in [-0.25, -0.2) is 4.79 Å². The average molecular weight is 119 g/mol. The van der Waals surface area contributed by atoms with Crippen LogP contribution in [0, 0.1) is 0 Å². The molecule has 0 spiro atoms. The minimum atomic E-state index is -0.833. The molecule has 0 rings (SSSR count). The molecule has 0 aromatic rings. The first kappa shape index (κ1) is 8.84. The number of urea groups is 1. The normalized spacial score (nSPS) is 4.80. The first-order valence-electron chi connectivity index (χ1n) is 0.781. The van der Waals surface area contributed by atoms with Crippen molar-refractivity contribution in [2.45, 2.75) is 0 Å². The first-order valence-corrected chi connectivity index (χ1v) is 0.781. The Morgan fingerprint density at radius 3 is 1.40 bits per heavy atom. The standard InChI is InChI=1S/CH4N2O.Co/c2-1(3)4;/h(H4,2,3,4);/q;+2. The first-order chi connectivity index (χ1) is 1.73. The van der Waals surface area contributed by atoms with Gasteiger partial charge in [0.15, 0.2) is 0 Å². The van der Waals surface area contributed by atoms with Crippen molar-refractivity contribution in [2.75, 3.05) is 0 Å². The quantitative estimate of drug-likeness (QED) is 0.422. The summed E-state index contributed by atoms with van der Waals surface area (Å²) < 4.78 is 0. The van der Waals surface area contributed by atoms with Gasteiger partial charge in [-0.3, -0.25) is 0 Å². The molecule has 0 bridgehead atoms. The maximum absolute atomic E-state index is 9.00. The zero-order valence-corrected chi connectivity index (χ0v) is 3.44. The molecule has 2 amide bonds.